The Morgan fingerprint density at radius 2 is 2.06 bits per heavy atom. The Bertz CT molecular complexity index is 557. The molecule has 1 N–H and O–H groups in total. The zero-order valence-corrected chi connectivity index (χ0v) is 11.5. The van der Waals surface area contributed by atoms with Crippen LogP contribution in [0.15, 0.2) is 23.4 Å². The van der Waals surface area contributed by atoms with Crippen LogP contribution in [0.5, 0.6) is 5.75 Å². The van der Waals surface area contributed by atoms with E-state index in [2.05, 4.69) is 23.6 Å². The lowest BCUT2D eigenvalue weighted by molar-refractivity contribution is -0.400. The summed E-state index contributed by atoms with van der Waals surface area (Å²) < 4.78 is 7.36. The van der Waals surface area contributed by atoms with Gasteiger partial charge in [0, 0.05) is 11.6 Å². The van der Waals surface area contributed by atoms with E-state index in [-0.39, 0.29) is 5.41 Å². The van der Waals surface area contributed by atoms with Crippen molar-refractivity contribution in [1.82, 2.24) is 0 Å². The van der Waals surface area contributed by atoms with Gasteiger partial charge in [0.2, 0.25) is 11.4 Å². The molecule has 0 bridgehead atoms. The molecule has 96 valence electrons. The van der Waals surface area contributed by atoms with Gasteiger partial charge in [-0.25, -0.2) is 0 Å². The second kappa shape index (κ2) is 4.12. The molecule has 4 heteroatoms. The van der Waals surface area contributed by atoms with Gasteiger partial charge in [0.25, 0.3) is 0 Å². The predicted molar refractivity (Wildman–Crippen MR) is 71.8 cm³/mol. The van der Waals surface area contributed by atoms with Crippen LogP contribution in [0.1, 0.15) is 26.3 Å². The van der Waals surface area contributed by atoms with Crippen LogP contribution < -0.4 is 4.74 Å². The Labute approximate surface area is 107 Å². The molecule has 1 aliphatic rings. The minimum Gasteiger partial charge on any atom is -0.497 e. The summed E-state index contributed by atoms with van der Waals surface area (Å²) in [5.41, 5.74) is 3.75. The molecule has 2 rings (SSSR count). The lowest BCUT2D eigenvalue weighted by atomic mass is 9.80. The molecule has 18 heavy (non-hydrogen) atoms. The number of benzene rings is 1. The van der Waals surface area contributed by atoms with Crippen molar-refractivity contribution in [2.45, 2.75) is 26.2 Å². The Balaban J connectivity index is 2.67. The number of methoxy groups -OCH3 is 1. The zero-order valence-electron chi connectivity index (χ0n) is 11.5. The standard InChI is InChI=1S/C14H18N2O2/c1-9(15-17)13-14(2,3)11-8-10(18-5)6-7-12(11)16(13)4/h6-8H,1-5H3/p+1. The van der Waals surface area contributed by atoms with Crippen molar-refractivity contribution in [3.63, 3.8) is 0 Å². The molecule has 0 amide bonds. The van der Waals surface area contributed by atoms with Crippen molar-refractivity contribution in [3.8, 4) is 5.75 Å². The van der Waals surface area contributed by atoms with Crippen molar-refractivity contribution in [3.05, 3.63) is 23.8 Å². The molecule has 0 radical (unpaired) electrons. The summed E-state index contributed by atoms with van der Waals surface area (Å²) in [7, 11) is 3.66. The van der Waals surface area contributed by atoms with Crippen LogP contribution in [0.4, 0.5) is 5.69 Å². The lowest BCUT2D eigenvalue weighted by Crippen LogP contribution is -2.34. The maximum atomic E-state index is 9.04. The summed E-state index contributed by atoms with van der Waals surface area (Å²) in [6.45, 7) is 6.06. The molecule has 4 nitrogen and oxygen atoms in total. The second-order valence-electron chi connectivity index (χ2n) is 5.10. The summed E-state index contributed by atoms with van der Waals surface area (Å²) in [5, 5.41) is 12.4. The maximum Gasteiger partial charge on any atom is 0.216 e. The molecule has 0 fully saturated rings. The fourth-order valence-corrected chi connectivity index (χ4v) is 2.84. The Kier molecular flexibility index (Phi) is 2.89. The predicted octanol–water partition coefficient (Wildman–Crippen LogP) is 2.55. The quantitative estimate of drug-likeness (QED) is 0.378. The van der Waals surface area contributed by atoms with Gasteiger partial charge in [-0.2, -0.15) is 4.58 Å². The fraction of sp³-hybridized carbons (Fsp3) is 0.429. The molecule has 0 atom stereocenters. The summed E-state index contributed by atoms with van der Waals surface area (Å²) >= 11 is 0. The van der Waals surface area contributed by atoms with Crippen LogP contribution >= 0.6 is 0 Å². The first kappa shape index (κ1) is 12.6. The van der Waals surface area contributed by atoms with E-state index in [4.69, 9.17) is 9.94 Å². The van der Waals surface area contributed by atoms with Crippen molar-refractivity contribution in [1.29, 1.82) is 0 Å². The van der Waals surface area contributed by atoms with E-state index in [1.54, 1.807) is 7.11 Å². The third-order valence-electron chi connectivity index (χ3n) is 3.66. The van der Waals surface area contributed by atoms with Crippen LogP contribution in [0.2, 0.25) is 0 Å². The molecule has 0 spiro atoms. The van der Waals surface area contributed by atoms with Gasteiger partial charge >= 0.3 is 0 Å². The topological polar surface area (TPSA) is 44.8 Å². The summed E-state index contributed by atoms with van der Waals surface area (Å²) in [6.07, 6.45) is 0. The molecule has 0 aliphatic carbocycles. The molecule has 1 heterocycles. The Morgan fingerprint density at radius 3 is 2.61 bits per heavy atom. The molecule has 1 aromatic carbocycles. The number of hydrogen-bond acceptors (Lipinski definition) is 3. The lowest BCUT2D eigenvalue weighted by Gasteiger charge is -2.17. The van der Waals surface area contributed by atoms with Gasteiger partial charge in [-0.3, -0.25) is 0 Å². The van der Waals surface area contributed by atoms with Gasteiger partial charge in [0.15, 0.2) is 0 Å². The van der Waals surface area contributed by atoms with Crippen molar-refractivity contribution < 1.29 is 14.5 Å². The third-order valence-corrected chi connectivity index (χ3v) is 3.66. The molecule has 1 aromatic rings. The number of hydrogen-bond donors (Lipinski definition) is 1. The monoisotopic (exact) mass is 247 g/mol. The molecule has 0 aromatic heterocycles. The summed E-state index contributed by atoms with van der Waals surface area (Å²) in [6, 6.07) is 6.02. The van der Waals surface area contributed by atoms with E-state index < -0.39 is 0 Å². The largest absolute Gasteiger partial charge is 0.497 e. The first-order valence-electron chi connectivity index (χ1n) is 5.92. The summed E-state index contributed by atoms with van der Waals surface area (Å²) in [5.74, 6) is 0.843. The fourth-order valence-electron chi connectivity index (χ4n) is 2.84. The van der Waals surface area contributed by atoms with E-state index in [0.717, 1.165) is 17.1 Å². The third kappa shape index (κ3) is 1.60. The normalized spacial score (nSPS) is 17.9. The van der Waals surface area contributed by atoms with Crippen molar-refractivity contribution in [2.75, 3.05) is 14.2 Å². The number of oxime groups is 1. The minimum atomic E-state index is -0.199. The molecule has 0 unspecified atom stereocenters. The second-order valence-corrected chi connectivity index (χ2v) is 5.10. The molecular formula is C14H19N2O2+. The van der Waals surface area contributed by atoms with Gasteiger partial charge in [-0.15, -0.1) is 0 Å². The SMILES string of the molecule is COc1ccc2c(c1)C(C)(C)C(C(C)=NO)=[N+]2C. The molecular weight excluding hydrogens is 228 g/mol. The number of nitrogens with zero attached hydrogens (tertiary/aromatic N) is 2. The summed E-state index contributed by atoms with van der Waals surface area (Å²) in [4.78, 5) is 0. The van der Waals surface area contributed by atoms with Crippen LogP contribution in [-0.4, -0.2) is 35.4 Å². The van der Waals surface area contributed by atoms with Gasteiger partial charge in [-0.05, 0) is 32.9 Å². The van der Waals surface area contributed by atoms with E-state index in [1.807, 2.05) is 32.2 Å². The Hall–Kier alpha value is -1.84. The van der Waals surface area contributed by atoms with Gasteiger partial charge in [0.05, 0.1) is 12.5 Å². The van der Waals surface area contributed by atoms with Crippen LogP contribution in [0, 0.1) is 0 Å². The molecule has 1 aliphatic heterocycles. The molecule has 0 saturated carbocycles. The van der Waals surface area contributed by atoms with Gasteiger partial charge in [0.1, 0.15) is 18.5 Å². The van der Waals surface area contributed by atoms with E-state index in [0.29, 0.717) is 5.71 Å². The van der Waals surface area contributed by atoms with Gasteiger partial charge < -0.3 is 9.94 Å². The Morgan fingerprint density at radius 1 is 1.39 bits per heavy atom. The smallest absolute Gasteiger partial charge is 0.216 e. The van der Waals surface area contributed by atoms with Gasteiger partial charge in [-0.1, -0.05) is 5.16 Å². The first-order chi connectivity index (χ1) is 8.43. The number of ether oxygens (including phenoxy) is 1. The highest BCUT2D eigenvalue weighted by Crippen LogP contribution is 2.41. The van der Waals surface area contributed by atoms with Crippen LogP contribution in [0.25, 0.3) is 0 Å². The van der Waals surface area contributed by atoms with Crippen LogP contribution in [-0.2, 0) is 5.41 Å². The first-order valence-corrected chi connectivity index (χ1v) is 5.92. The highest BCUT2D eigenvalue weighted by atomic mass is 16.5. The van der Waals surface area contributed by atoms with Crippen molar-refractivity contribution >= 4 is 17.1 Å². The van der Waals surface area contributed by atoms with E-state index in [9.17, 15) is 0 Å². The van der Waals surface area contributed by atoms with E-state index >= 15 is 0 Å². The number of rotatable bonds is 2. The molecule has 0 saturated heterocycles. The maximum absolute atomic E-state index is 9.04. The number of fused-ring (bicyclic) bond motifs is 1. The average molecular weight is 247 g/mol. The van der Waals surface area contributed by atoms with E-state index in [1.165, 1.54) is 5.56 Å². The van der Waals surface area contributed by atoms with Crippen LogP contribution in [0.3, 0.4) is 0 Å². The van der Waals surface area contributed by atoms with Crippen molar-refractivity contribution in [2.24, 2.45) is 5.16 Å². The average Bonchev–Trinajstić information content (AvgIpc) is 2.56. The highest BCUT2D eigenvalue weighted by Gasteiger charge is 2.46. The highest BCUT2D eigenvalue weighted by molar-refractivity contribution is 6.43. The minimum absolute atomic E-state index is 0.199. The zero-order chi connectivity index (χ0) is 13.5.